The highest BCUT2D eigenvalue weighted by Gasteiger charge is 2.14. The third-order valence-corrected chi connectivity index (χ3v) is 2.01. The van der Waals surface area contributed by atoms with Gasteiger partial charge in [0.2, 0.25) is 0 Å². The first-order valence-corrected chi connectivity index (χ1v) is 4.54. The highest BCUT2D eigenvalue weighted by molar-refractivity contribution is 5.72. The minimum absolute atomic E-state index is 0.0826. The number of aliphatic carboxylic acids is 1. The second-order valence-corrected chi connectivity index (χ2v) is 3.18. The molecular formula is C8H8N6O3. The number of rotatable bonds is 3. The number of carboxylic acid groups (broad SMARTS) is 1. The lowest BCUT2D eigenvalue weighted by molar-refractivity contribution is -0.136. The Hall–Kier alpha value is -2.71. The SMILES string of the molecule is Nc1nc(-c2ncn[nH]2)[nH]c(=O)c1CC(=O)O. The first-order valence-electron chi connectivity index (χ1n) is 4.54. The number of H-pyrrole nitrogens is 2. The Kier molecular flexibility index (Phi) is 2.57. The highest BCUT2D eigenvalue weighted by atomic mass is 16.4. The van der Waals surface area contributed by atoms with E-state index in [-0.39, 0.29) is 23.0 Å². The molecule has 0 aliphatic rings. The van der Waals surface area contributed by atoms with Gasteiger partial charge >= 0.3 is 5.97 Å². The van der Waals surface area contributed by atoms with Gasteiger partial charge in [-0.2, -0.15) is 5.10 Å². The summed E-state index contributed by atoms with van der Waals surface area (Å²) in [6, 6.07) is 0. The van der Waals surface area contributed by atoms with Crippen LogP contribution < -0.4 is 11.3 Å². The van der Waals surface area contributed by atoms with E-state index in [2.05, 4.69) is 25.1 Å². The number of aromatic nitrogens is 5. The molecule has 0 amide bonds. The second-order valence-electron chi connectivity index (χ2n) is 3.18. The molecule has 88 valence electrons. The molecule has 0 saturated heterocycles. The van der Waals surface area contributed by atoms with Crippen molar-refractivity contribution in [3.63, 3.8) is 0 Å². The van der Waals surface area contributed by atoms with E-state index >= 15 is 0 Å². The van der Waals surface area contributed by atoms with Crippen molar-refractivity contribution in [1.82, 2.24) is 25.1 Å². The van der Waals surface area contributed by atoms with Gasteiger partial charge in [-0.25, -0.2) is 9.97 Å². The number of nitrogens with two attached hydrogens (primary N) is 1. The zero-order valence-corrected chi connectivity index (χ0v) is 8.47. The minimum Gasteiger partial charge on any atom is -0.481 e. The van der Waals surface area contributed by atoms with Gasteiger partial charge in [-0.05, 0) is 0 Å². The van der Waals surface area contributed by atoms with Crippen molar-refractivity contribution >= 4 is 11.8 Å². The highest BCUT2D eigenvalue weighted by Crippen LogP contribution is 2.10. The topological polar surface area (TPSA) is 151 Å². The maximum atomic E-state index is 11.6. The maximum absolute atomic E-state index is 11.6. The predicted octanol–water partition coefficient (Wildman–Crippen LogP) is -1.24. The smallest absolute Gasteiger partial charge is 0.308 e. The zero-order chi connectivity index (χ0) is 12.4. The summed E-state index contributed by atoms with van der Waals surface area (Å²) in [5.41, 5.74) is 4.83. The first kappa shape index (κ1) is 10.8. The van der Waals surface area contributed by atoms with Gasteiger partial charge < -0.3 is 15.8 Å². The molecule has 0 spiro atoms. The number of anilines is 1. The number of nitrogens with one attached hydrogen (secondary N) is 2. The Balaban J connectivity index is 2.49. The molecular weight excluding hydrogens is 228 g/mol. The van der Waals surface area contributed by atoms with E-state index in [1.165, 1.54) is 6.33 Å². The van der Waals surface area contributed by atoms with Crippen molar-refractivity contribution in [2.45, 2.75) is 6.42 Å². The van der Waals surface area contributed by atoms with Crippen LogP contribution in [0.5, 0.6) is 0 Å². The third kappa shape index (κ3) is 2.12. The molecule has 0 aromatic carbocycles. The standard InChI is InChI=1S/C8H8N6O3/c9-5-3(1-4(15)16)8(17)13-7(12-5)6-10-2-11-14-6/h2H,1H2,(H,15,16)(H,10,11,14)(H3,9,12,13,17). The monoisotopic (exact) mass is 236 g/mol. The number of aromatic amines is 2. The fourth-order valence-electron chi connectivity index (χ4n) is 1.27. The van der Waals surface area contributed by atoms with Gasteiger partial charge in [-0.15, -0.1) is 0 Å². The van der Waals surface area contributed by atoms with E-state index in [0.29, 0.717) is 0 Å². The molecule has 2 aromatic rings. The van der Waals surface area contributed by atoms with Crippen LogP contribution in [0.2, 0.25) is 0 Å². The summed E-state index contributed by atoms with van der Waals surface area (Å²) in [5.74, 6) is -0.936. The second kappa shape index (κ2) is 4.04. The van der Waals surface area contributed by atoms with E-state index in [9.17, 15) is 9.59 Å². The molecule has 5 N–H and O–H groups in total. The number of nitrogens with zero attached hydrogens (tertiary/aromatic N) is 3. The van der Waals surface area contributed by atoms with Gasteiger partial charge in [0, 0.05) is 0 Å². The van der Waals surface area contributed by atoms with Crippen LogP contribution in [0.15, 0.2) is 11.1 Å². The molecule has 17 heavy (non-hydrogen) atoms. The molecule has 9 heteroatoms. The molecule has 0 saturated carbocycles. The summed E-state index contributed by atoms with van der Waals surface area (Å²) in [6.45, 7) is 0. The Morgan fingerprint density at radius 3 is 2.76 bits per heavy atom. The first-order chi connectivity index (χ1) is 8.08. The van der Waals surface area contributed by atoms with Crippen LogP contribution >= 0.6 is 0 Å². The van der Waals surface area contributed by atoms with Gasteiger partial charge in [-0.1, -0.05) is 0 Å². The molecule has 0 atom stereocenters. The summed E-state index contributed by atoms with van der Waals surface area (Å²) < 4.78 is 0. The van der Waals surface area contributed by atoms with Gasteiger partial charge in [-0.3, -0.25) is 14.7 Å². The molecule has 0 radical (unpaired) electrons. The van der Waals surface area contributed by atoms with E-state index in [4.69, 9.17) is 10.8 Å². The minimum atomic E-state index is -1.16. The average molecular weight is 236 g/mol. The third-order valence-electron chi connectivity index (χ3n) is 2.01. The van der Waals surface area contributed by atoms with Gasteiger partial charge in [0.05, 0.1) is 12.0 Å². The van der Waals surface area contributed by atoms with Crippen LogP contribution in [0, 0.1) is 0 Å². The molecule has 2 heterocycles. The summed E-state index contributed by atoms with van der Waals surface area (Å²) in [6.07, 6.45) is 0.765. The molecule has 0 aliphatic heterocycles. The Bertz CT molecular complexity index is 602. The van der Waals surface area contributed by atoms with Crippen molar-refractivity contribution in [2.24, 2.45) is 0 Å². The zero-order valence-electron chi connectivity index (χ0n) is 8.47. The Labute approximate surface area is 93.7 Å². The van der Waals surface area contributed by atoms with E-state index in [1.807, 2.05) is 0 Å². The fraction of sp³-hybridized carbons (Fsp3) is 0.125. The maximum Gasteiger partial charge on any atom is 0.308 e. The number of hydrogen-bond acceptors (Lipinski definition) is 6. The van der Waals surface area contributed by atoms with Crippen molar-refractivity contribution in [1.29, 1.82) is 0 Å². The predicted molar refractivity (Wildman–Crippen MR) is 56.0 cm³/mol. The van der Waals surface area contributed by atoms with Gasteiger partial charge in [0.1, 0.15) is 12.1 Å². The molecule has 0 bridgehead atoms. The van der Waals surface area contributed by atoms with Crippen LogP contribution in [-0.2, 0) is 11.2 Å². The molecule has 9 nitrogen and oxygen atoms in total. The van der Waals surface area contributed by atoms with Crippen LogP contribution in [0.1, 0.15) is 5.56 Å². The van der Waals surface area contributed by atoms with Crippen molar-refractivity contribution < 1.29 is 9.90 Å². The van der Waals surface area contributed by atoms with Gasteiger partial charge in [0.15, 0.2) is 11.6 Å². The summed E-state index contributed by atoms with van der Waals surface area (Å²) in [4.78, 5) is 32.1. The van der Waals surface area contributed by atoms with Crippen molar-refractivity contribution in [2.75, 3.05) is 5.73 Å². The normalized spacial score (nSPS) is 10.4. The fourth-order valence-corrected chi connectivity index (χ4v) is 1.27. The molecule has 0 fully saturated rings. The number of carbonyl (C=O) groups is 1. The quantitative estimate of drug-likeness (QED) is 0.520. The lowest BCUT2D eigenvalue weighted by Gasteiger charge is -2.02. The van der Waals surface area contributed by atoms with Crippen molar-refractivity contribution in [3.8, 4) is 11.6 Å². The van der Waals surface area contributed by atoms with E-state index in [1.54, 1.807) is 0 Å². The molecule has 0 aliphatic carbocycles. The van der Waals surface area contributed by atoms with Crippen molar-refractivity contribution in [3.05, 3.63) is 22.2 Å². The average Bonchev–Trinajstić information content (AvgIpc) is 2.76. The van der Waals surface area contributed by atoms with Crippen LogP contribution in [0.25, 0.3) is 11.6 Å². The lowest BCUT2D eigenvalue weighted by atomic mass is 10.2. The molecule has 2 aromatic heterocycles. The van der Waals surface area contributed by atoms with E-state index in [0.717, 1.165) is 0 Å². The number of carboxylic acids is 1. The van der Waals surface area contributed by atoms with Crippen LogP contribution in [0.4, 0.5) is 5.82 Å². The molecule has 0 unspecified atom stereocenters. The summed E-state index contributed by atoms with van der Waals surface area (Å²) >= 11 is 0. The Morgan fingerprint density at radius 1 is 1.47 bits per heavy atom. The largest absolute Gasteiger partial charge is 0.481 e. The van der Waals surface area contributed by atoms with Crippen LogP contribution in [0.3, 0.4) is 0 Å². The number of nitrogen functional groups attached to an aromatic ring is 1. The lowest BCUT2D eigenvalue weighted by Crippen LogP contribution is -2.21. The Morgan fingerprint density at radius 2 is 2.24 bits per heavy atom. The summed E-state index contributed by atoms with van der Waals surface area (Å²) in [7, 11) is 0. The number of hydrogen-bond donors (Lipinski definition) is 4. The van der Waals surface area contributed by atoms with Crippen LogP contribution in [-0.4, -0.2) is 36.2 Å². The molecule has 2 rings (SSSR count). The van der Waals surface area contributed by atoms with E-state index < -0.39 is 17.9 Å². The van der Waals surface area contributed by atoms with Gasteiger partial charge in [0.25, 0.3) is 5.56 Å². The summed E-state index contributed by atoms with van der Waals surface area (Å²) in [5, 5.41) is 14.7.